The van der Waals surface area contributed by atoms with Gasteiger partial charge in [0.15, 0.2) is 5.69 Å². The molecular formula is C19H23FN4O. The molecule has 0 bridgehead atoms. The maximum absolute atomic E-state index is 13.2. The normalized spacial score (nSPS) is 22.4. The number of hydrogen-bond acceptors (Lipinski definition) is 3. The lowest BCUT2D eigenvalue weighted by Gasteiger charge is -2.22. The van der Waals surface area contributed by atoms with Gasteiger partial charge in [-0.1, -0.05) is 6.92 Å². The van der Waals surface area contributed by atoms with E-state index in [-0.39, 0.29) is 17.1 Å². The molecule has 0 saturated carbocycles. The molecule has 2 aromatic rings. The van der Waals surface area contributed by atoms with E-state index < -0.39 is 0 Å². The summed E-state index contributed by atoms with van der Waals surface area (Å²) in [5.74, 6) is -0.279. The monoisotopic (exact) mass is 342 g/mol. The van der Waals surface area contributed by atoms with Crippen LogP contribution in [0.15, 0.2) is 24.3 Å². The Balaban J connectivity index is 1.68. The van der Waals surface area contributed by atoms with E-state index in [1.807, 2.05) is 9.58 Å². The maximum Gasteiger partial charge on any atom is 0.274 e. The molecule has 1 aliphatic heterocycles. The predicted molar refractivity (Wildman–Crippen MR) is 93.2 cm³/mol. The Bertz CT molecular complexity index is 814. The molecule has 0 spiro atoms. The number of fused-ring (bicyclic) bond motifs is 1. The SMILES string of the molecule is CC1(CN)CCN(C(=O)c2nn(-c3ccc(F)cc3)c3c2CCC3)C1. The fraction of sp³-hybridized carbons (Fsp3) is 0.474. The molecule has 132 valence electrons. The maximum atomic E-state index is 13.2. The molecule has 1 saturated heterocycles. The molecule has 1 fully saturated rings. The smallest absolute Gasteiger partial charge is 0.274 e. The number of rotatable bonds is 3. The number of amides is 1. The minimum atomic E-state index is -0.276. The quantitative estimate of drug-likeness (QED) is 0.931. The highest BCUT2D eigenvalue weighted by molar-refractivity contribution is 5.94. The van der Waals surface area contributed by atoms with E-state index in [4.69, 9.17) is 5.73 Å². The largest absolute Gasteiger partial charge is 0.337 e. The van der Waals surface area contributed by atoms with Crippen molar-refractivity contribution in [1.82, 2.24) is 14.7 Å². The molecule has 5 nitrogen and oxygen atoms in total. The van der Waals surface area contributed by atoms with E-state index >= 15 is 0 Å². The fourth-order valence-electron chi connectivity index (χ4n) is 3.92. The van der Waals surface area contributed by atoms with Crippen LogP contribution in [0.25, 0.3) is 5.69 Å². The average molecular weight is 342 g/mol. The first-order valence-corrected chi connectivity index (χ1v) is 8.87. The lowest BCUT2D eigenvalue weighted by Crippen LogP contribution is -2.35. The minimum absolute atomic E-state index is 0.00163. The van der Waals surface area contributed by atoms with Gasteiger partial charge < -0.3 is 10.6 Å². The van der Waals surface area contributed by atoms with Crippen LogP contribution in [0.2, 0.25) is 0 Å². The van der Waals surface area contributed by atoms with Crippen LogP contribution in [0.1, 0.15) is 41.5 Å². The number of nitrogens with zero attached hydrogens (tertiary/aromatic N) is 3. The number of carbonyl (C=O) groups excluding carboxylic acids is 1. The number of nitrogens with two attached hydrogens (primary N) is 1. The van der Waals surface area contributed by atoms with E-state index in [1.165, 1.54) is 12.1 Å². The predicted octanol–water partition coefficient (Wildman–Crippen LogP) is 2.31. The van der Waals surface area contributed by atoms with Crippen molar-refractivity contribution in [3.8, 4) is 5.69 Å². The van der Waals surface area contributed by atoms with Gasteiger partial charge in [0, 0.05) is 24.3 Å². The highest BCUT2D eigenvalue weighted by Gasteiger charge is 2.37. The van der Waals surface area contributed by atoms with Crippen molar-refractivity contribution in [2.24, 2.45) is 11.1 Å². The lowest BCUT2D eigenvalue weighted by atomic mass is 9.90. The first kappa shape index (κ1) is 16.3. The third kappa shape index (κ3) is 2.74. The van der Waals surface area contributed by atoms with Crippen LogP contribution < -0.4 is 5.73 Å². The molecule has 2 aliphatic rings. The van der Waals surface area contributed by atoms with Crippen LogP contribution in [-0.2, 0) is 12.8 Å². The summed E-state index contributed by atoms with van der Waals surface area (Å²) in [6.45, 7) is 4.12. The van der Waals surface area contributed by atoms with Gasteiger partial charge in [-0.15, -0.1) is 0 Å². The Morgan fingerprint density at radius 2 is 2.08 bits per heavy atom. The molecule has 1 amide bonds. The van der Waals surface area contributed by atoms with Gasteiger partial charge in [0.25, 0.3) is 5.91 Å². The molecule has 1 aromatic heterocycles. The number of aromatic nitrogens is 2. The summed E-state index contributed by atoms with van der Waals surface area (Å²) < 4.78 is 15.0. The Labute approximate surface area is 146 Å². The van der Waals surface area contributed by atoms with Gasteiger partial charge in [-0.05, 0) is 61.9 Å². The number of hydrogen-bond donors (Lipinski definition) is 1. The molecule has 25 heavy (non-hydrogen) atoms. The number of carbonyl (C=O) groups is 1. The van der Waals surface area contributed by atoms with Crippen LogP contribution in [0.3, 0.4) is 0 Å². The Morgan fingerprint density at radius 1 is 1.32 bits per heavy atom. The van der Waals surface area contributed by atoms with Crippen LogP contribution in [0.4, 0.5) is 4.39 Å². The Kier molecular flexibility index (Phi) is 3.87. The first-order chi connectivity index (χ1) is 12.0. The zero-order chi connectivity index (χ0) is 17.6. The molecule has 6 heteroatoms. The molecule has 1 aromatic carbocycles. The van der Waals surface area contributed by atoms with Crippen LogP contribution in [0.5, 0.6) is 0 Å². The second-order valence-corrected chi connectivity index (χ2v) is 7.51. The van der Waals surface area contributed by atoms with E-state index in [0.717, 1.165) is 49.2 Å². The van der Waals surface area contributed by atoms with Crippen LogP contribution in [0, 0.1) is 11.2 Å². The first-order valence-electron chi connectivity index (χ1n) is 8.87. The van der Waals surface area contributed by atoms with Crippen molar-refractivity contribution < 1.29 is 9.18 Å². The van der Waals surface area contributed by atoms with Gasteiger partial charge >= 0.3 is 0 Å². The summed E-state index contributed by atoms with van der Waals surface area (Å²) in [6, 6.07) is 6.26. The third-order valence-corrected chi connectivity index (χ3v) is 5.54. The lowest BCUT2D eigenvalue weighted by molar-refractivity contribution is 0.0769. The van der Waals surface area contributed by atoms with Crippen molar-refractivity contribution in [3.05, 3.63) is 47.0 Å². The molecule has 0 radical (unpaired) electrons. The van der Waals surface area contributed by atoms with Crippen molar-refractivity contribution in [2.75, 3.05) is 19.6 Å². The summed E-state index contributed by atoms with van der Waals surface area (Å²) in [7, 11) is 0. The Hall–Kier alpha value is -2.21. The van der Waals surface area contributed by atoms with Gasteiger partial charge in [0.2, 0.25) is 0 Å². The average Bonchev–Trinajstić information content (AvgIpc) is 3.30. The Morgan fingerprint density at radius 3 is 2.76 bits per heavy atom. The third-order valence-electron chi connectivity index (χ3n) is 5.54. The summed E-state index contributed by atoms with van der Waals surface area (Å²) in [4.78, 5) is 14.9. The van der Waals surface area contributed by atoms with Gasteiger partial charge in [-0.2, -0.15) is 5.10 Å². The molecule has 2 N–H and O–H groups in total. The molecule has 4 rings (SSSR count). The highest BCUT2D eigenvalue weighted by atomic mass is 19.1. The fourth-order valence-corrected chi connectivity index (χ4v) is 3.92. The number of likely N-dealkylation sites (tertiary alicyclic amines) is 1. The summed E-state index contributed by atoms with van der Waals surface area (Å²) in [6.07, 6.45) is 3.72. The summed E-state index contributed by atoms with van der Waals surface area (Å²) in [5, 5.41) is 4.62. The van der Waals surface area contributed by atoms with Crippen molar-refractivity contribution in [1.29, 1.82) is 0 Å². The van der Waals surface area contributed by atoms with E-state index in [0.29, 0.717) is 18.8 Å². The van der Waals surface area contributed by atoms with Gasteiger partial charge in [0.1, 0.15) is 5.82 Å². The van der Waals surface area contributed by atoms with E-state index in [1.54, 1.807) is 12.1 Å². The zero-order valence-corrected chi connectivity index (χ0v) is 14.5. The second-order valence-electron chi connectivity index (χ2n) is 7.51. The standard InChI is InChI=1S/C19H23FN4O/c1-19(11-21)9-10-23(12-19)18(25)17-15-3-2-4-16(15)24(22-17)14-7-5-13(20)6-8-14/h5-8H,2-4,9-12,21H2,1H3. The van der Waals surface area contributed by atoms with Crippen LogP contribution >= 0.6 is 0 Å². The highest BCUT2D eigenvalue weighted by Crippen LogP contribution is 2.32. The molecule has 1 aliphatic carbocycles. The molecule has 2 heterocycles. The van der Waals surface area contributed by atoms with Crippen molar-refractivity contribution >= 4 is 5.91 Å². The topological polar surface area (TPSA) is 64.2 Å². The van der Waals surface area contributed by atoms with Gasteiger partial charge in [-0.25, -0.2) is 9.07 Å². The van der Waals surface area contributed by atoms with Gasteiger partial charge in [-0.3, -0.25) is 4.79 Å². The van der Waals surface area contributed by atoms with Gasteiger partial charge in [0.05, 0.1) is 5.69 Å². The second kappa shape index (κ2) is 5.95. The van der Waals surface area contributed by atoms with E-state index in [9.17, 15) is 9.18 Å². The summed E-state index contributed by atoms with van der Waals surface area (Å²) >= 11 is 0. The molecule has 1 unspecified atom stereocenters. The summed E-state index contributed by atoms with van der Waals surface area (Å²) in [5.41, 5.74) is 9.34. The molecular weight excluding hydrogens is 319 g/mol. The molecule has 1 atom stereocenters. The van der Waals surface area contributed by atoms with E-state index in [2.05, 4.69) is 12.0 Å². The van der Waals surface area contributed by atoms with Crippen LogP contribution in [-0.4, -0.2) is 40.2 Å². The number of halogens is 1. The van der Waals surface area contributed by atoms with Crippen molar-refractivity contribution in [2.45, 2.75) is 32.6 Å². The minimum Gasteiger partial charge on any atom is -0.337 e. The van der Waals surface area contributed by atoms with Crippen molar-refractivity contribution in [3.63, 3.8) is 0 Å². The number of benzene rings is 1. The zero-order valence-electron chi connectivity index (χ0n) is 14.5.